The van der Waals surface area contributed by atoms with Gasteiger partial charge in [-0.1, -0.05) is 48.5 Å². The minimum absolute atomic E-state index is 0.129. The summed E-state index contributed by atoms with van der Waals surface area (Å²) in [5, 5.41) is 1.10. The summed E-state index contributed by atoms with van der Waals surface area (Å²) in [6, 6.07) is 24.8. The van der Waals surface area contributed by atoms with Gasteiger partial charge in [0.25, 0.3) is 0 Å². The lowest BCUT2D eigenvalue weighted by Gasteiger charge is -2.20. The number of benzene rings is 3. The van der Waals surface area contributed by atoms with Gasteiger partial charge in [0.1, 0.15) is 0 Å². The summed E-state index contributed by atoms with van der Waals surface area (Å²) in [6.45, 7) is 0.264. The first-order valence-electron chi connectivity index (χ1n) is 9.84. The van der Waals surface area contributed by atoms with Crippen LogP contribution in [0.2, 0.25) is 0 Å². The summed E-state index contributed by atoms with van der Waals surface area (Å²) in [6.07, 6.45) is 1.98. The molecule has 0 aliphatic carbocycles. The molecule has 1 heterocycles. The van der Waals surface area contributed by atoms with Crippen LogP contribution in [0.25, 0.3) is 10.9 Å². The van der Waals surface area contributed by atoms with Crippen LogP contribution in [0, 0.1) is 0 Å². The van der Waals surface area contributed by atoms with Crippen molar-refractivity contribution in [1.29, 1.82) is 0 Å². The van der Waals surface area contributed by atoms with Crippen molar-refractivity contribution in [3.63, 3.8) is 0 Å². The van der Waals surface area contributed by atoms with E-state index in [1.54, 1.807) is 30.3 Å². The summed E-state index contributed by atoms with van der Waals surface area (Å²) < 4.78 is 28.5. The largest absolute Gasteiger partial charge is 0.378 e. The fourth-order valence-corrected chi connectivity index (χ4v) is 4.74. The molecule has 0 radical (unpaired) electrons. The summed E-state index contributed by atoms with van der Waals surface area (Å²) in [5.74, 6) is -0.129. The van der Waals surface area contributed by atoms with Gasteiger partial charge in [-0.2, -0.15) is 0 Å². The summed E-state index contributed by atoms with van der Waals surface area (Å²) in [4.78, 5) is 5.62. The van der Waals surface area contributed by atoms with E-state index in [1.165, 1.54) is 0 Å². The zero-order valence-electron chi connectivity index (χ0n) is 17.0. The number of para-hydroxylation sites is 1. The number of anilines is 1. The average molecular weight is 420 g/mol. The van der Waals surface area contributed by atoms with Gasteiger partial charge < -0.3 is 9.88 Å². The fourth-order valence-electron chi connectivity index (χ4n) is 3.67. The lowest BCUT2D eigenvalue weighted by Crippen LogP contribution is -2.29. The maximum absolute atomic E-state index is 12.8. The van der Waals surface area contributed by atoms with Crippen LogP contribution in [0.3, 0.4) is 0 Å². The van der Waals surface area contributed by atoms with Crippen molar-refractivity contribution in [2.24, 2.45) is 0 Å². The lowest BCUT2D eigenvalue weighted by molar-refractivity contribution is 0.577. The summed E-state index contributed by atoms with van der Waals surface area (Å²) in [7, 11) is 0.403. The van der Waals surface area contributed by atoms with Gasteiger partial charge in [-0.05, 0) is 41.5 Å². The van der Waals surface area contributed by atoms with E-state index in [1.807, 2.05) is 43.4 Å². The van der Waals surface area contributed by atoms with E-state index in [0.29, 0.717) is 0 Å². The van der Waals surface area contributed by atoms with Crippen molar-refractivity contribution >= 4 is 26.6 Å². The fraction of sp³-hybridized carbons (Fsp3) is 0.167. The number of H-pyrrole nitrogens is 1. The second-order valence-electron chi connectivity index (χ2n) is 7.49. The van der Waals surface area contributed by atoms with E-state index in [-0.39, 0.29) is 17.4 Å². The predicted octanol–water partition coefficient (Wildman–Crippen LogP) is 4.34. The van der Waals surface area contributed by atoms with E-state index in [0.717, 1.165) is 27.7 Å². The molecule has 1 atom stereocenters. The van der Waals surface area contributed by atoms with Gasteiger partial charge in [0, 0.05) is 49.3 Å². The molecule has 4 rings (SSSR count). The molecule has 0 spiro atoms. The molecule has 0 aliphatic rings. The Bertz CT molecular complexity index is 1230. The first kappa shape index (κ1) is 20.2. The van der Waals surface area contributed by atoms with Crippen LogP contribution in [0.4, 0.5) is 5.69 Å². The third-order valence-corrected chi connectivity index (χ3v) is 6.78. The summed E-state index contributed by atoms with van der Waals surface area (Å²) in [5.41, 5.74) is 4.26. The van der Waals surface area contributed by atoms with Crippen molar-refractivity contribution in [2.45, 2.75) is 10.8 Å². The van der Waals surface area contributed by atoms with Crippen LogP contribution in [-0.2, 0) is 10.0 Å². The van der Waals surface area contributed by atoms with Crippen LogP contribution in [0.5, 0.6) is 0 Å². The maximum Gasteiger partial charge on any atom is 0.240 e. The first-order valence-corrected chi connectivity index (χ1v) is 11.3. The molecule has 5 nitrogen and oxygen atoms in total. The van der Waals surface area contributed by atoms with Crippen LogP contribution >= 0.6 is 0 Å². The Kier molecular flexibility index (Phi) is 5.61. The summed E-state index contributed by atoms with van der Waals surface area (Å²) >= 11 is 0. The second-order valence-corrected chi connectivity index (χ2v) is 9.26. The van der Waals surface area contributed by atoms with Crippen molar-refractivity contribution in [3.05, 3.63) is 96.2 Å². The molecule has 6 heteroatoms. The molecule has 2 N–H and O–H groups in total. The standard InChI is InChI=1S/C24H25N3O2S/c1-27(2)19-14-12-18(13-15-19)22(23-16-25-24-11-7-6-10-21(23)24)17-26-30(28,29)20-8-4-3-5-9-20/h3-16,22,25-26H,17H2,1-2H3/t22-/m1/s1. The molecular formula is C24H25N3O2S. The number of nitrogens with zero attached hydrogens (tertiary/aromatic N) is 1. The predicted molar refractivity (Wildman–Crippen MR) is 123 cm³/mol. The van der Waals surface area contributed by atoms with Crippen molar-refractivity contribution in [1.82, 2.24) is 9.71 Å². The Labute approximate surface area is 177 Å². The third kappa shape index (κ3) is 4.10. The van der Waals surface area contributed by atoms with Gasteiger partial charge in [-0.3, -0.25) is 0 Å². The van der Waals surface area contributed by atoms with Crippen molar-refractivity contribution in [2.75, 3.05) is 25.5 Å². The molecule has 4 aromatic rings. The highest BCUT2D eigenvalue weighted by atomic mass is 32.2. The number of fused-ring (bicyclic) bond motifs is 1. The van der Waals surface area contributed by atoms with Gasteiger partial charge >= 0.3 is 0 Å². The van der Waals surface area contributed by atoms with E-state index >= 15 is 0 Å². The minimum Gasteiger partial charge on any atom is -0.378 e. The normalized spacial score (nSPS) is 12.7. The number of aromatic amines is 1. The zero-order chi connectivity index (χ0) is 21.1. The van der Waals surface area contributed by atoms with Gasteiger partial charge in [-0.25, -0.2) is 13.1 Å². The monoisotopic (exact) mass is 419 g/mol. The van der Waals surface area contributed by atoms with Gasteiger partial charge in [0.2, 0.25) is 10.0 Å². The smallest absolute Gasteiger partial charge is 0.240 e. The van der Waals surface area contributed by atoms with Gasteiger partial charge in [0.05, 0.1) is 4.90 Å². The molecule has 0 amide bonds. The minimum atomic E-state index is -3.60. The van der Waals surface area contributed by atoms with Crippen LogP contribution in [0.1, 0.15) is 17.0 Å². The number of aromatic nitrogens is 1. The highest BCUT2D eigenvalue weighted by molar-refractivity contribution is 7.89. The Morgan fingerprint density at radius 1 is 0.900 bits per heavy atom. The molecule has 3 aromatic carbocycles. The van der Waals surface area contributed by atoms with E-state index < -0.39 is 10.0 Å². The molecule has 154 valence electrons. The van der Waals surface area contributed by atoms with E-state index in [4.69, 9.17) is 0 Å². The molecule has 0 saturated carbocycles. The molecule has 1 aromatic heterocycles. The number of nitrogens with one attached hydrogen (secondary N) is 2. The molecule has 0 aliphatic heterocycles. The van der Waals surface area contributed by atoms with E-state index in [2.05, 4.69) is 40.0 Å². The number of sulfonamides is 1. The van der Waals surface area contributed by atoms with Crippen molar-refractivity contribution < 1.29 is 8.42 Å². The van der Waals surface area contributed by atoms with Gasteiger partial charge in [0.15, 0.2) is 0 Å². The van der Waals surface area contributed by atoms with E-state index in [9.17, 15) is 8.42 Å². The number of hydrogen-bond donors (Lipinski definition) is 2. The molecule has 30 heavy (non-hydrogen) atoms. The van der Waals surface area contributed by atoms with Crippen molar-refractivity contribution in [3.8, 4) is 0 Å². The van der Waals surface area contributed by atoms with Gasteiger partial charge in [-0.15, -0.1) is 0 Å². The second kappa shape index (κ2) is 8.34. The molecule has 0 unspecified atom stereocenters. The quantitative estimate of drug-likeness (QED) is 0.468. The third-order valence-electron chi connectivity index (χ3n) is 5.34. The Morgan fingerprint density at radius 3 is 2.27 bits per heavy atom. The molecule has 0 fully saturated rings. The SMILES string of the molecule is CN(C)c1ccc([C@@H](CNS(=O)(=O)c2ccccc2)c2c[nH]c3ccccc23)cc1. The van der Waals surface area contributed by atoms with Crippen LogP contribution in [0.15, 0.2) is 90.0 Å². The number of hydrogen-bond acceptors (Lipinski definition) is 3. The maximum atomic E-state index is 12.8. The Hall–Kier alpha value is -3.09. The number of rotatable bonds is 7. The Morgan fingerprint density at radius 2 is 1.57 bits per heavy atom. The average Bonchev–Trinajstić information content (AvgIpc) is 3.19. The highest BCUT2D eigenvalue weighted by Gasteiger charge is 2.22. The van der Waals surface area contributed by atoms with Crippen LogP contribution in [-0.4, -0.2) is 34.0 Å². The topological polar surface area (TPSA) is 65.2 Å². The Balaban J connectivity index is 1.70. The molecule has 0 bridgehead atoms. The van der Waals surface area contributed by atoms with Crippen LogP contribution < -0.4 is 9.62 Å². The highest BCUT2D eigenvalue weighted by Crippen LogP contribution is 2.31. The lowest BCUT2D eigenvalue weighted by atomic mass is 9.91. The first-order chi connectivity index (χ1) is 14.5. The zero-order valence-corrected chi connectivity index (χ0v) is 17.9. The molecule has 0 saturated heterocycles. The molecular weight excluding hydrogens is 394 g/mol.